The van der Waals surface area contributed by atoms with Gasteiger partial charge in [0.2, 0.25) is 0 Å². The van der Waals surface area contributed by atoms with Crippen LogP contribution in [-0.4, -0.2) is 4.40 Å². The third kappa shape index (κ3) is 2.85. The smallest absolute Gasteiger partial charge is 0.262 e. The van der Waals surface area contributed by atoms with E-state index >= 15 is 0 Å². The molecule has 0 aliphatic rings. The minimum atomic E-state index is 0.0476. The molecule has 0 saturated heterocycles. The fourth-order valence-electron chi connectivity index (χ4n) is 4.28. The summed E-state index contributed by atoms with van der Waals surface area (Å²) in [6, 6.07) is 24.5. The quantitative estimate of drug-likeness (QED) is 0.363. The maximum Gasteiger partial charge on any atom is 0.262 e. The Kier molecular flexibility index (Phi) is 4.44. The first-order valence-corrected chi connectivity index (χ1v) is 10.3. The van der Waals surface area contributed by atoms with E-state index in [-0.39, 0.29) is 5.56 Å². The minimum Gasteiger partial charge on any atom is -0.488 e. The SMILES string of the molecule is CCCCc1c(OCc2ccccc2)c2cccc3c4ccccc4n(c1=O)c23. The molecule has 0 bridgehead atoms. The Labute approximate surface area is 169 Å². The monoisotopic (exact) mass is 381 g/mol. The predicted molar refractivity (Wildman–Crippen MR) is 119 cm³/mol. The Morgan fingerprint density at radius 1 is 0.828 bits per heavy atom. The van der Waals surface area contributed by atoms with Crippen molar-refractivity contribution in [1.82, 2.24) is 4.40 Å². The number of pyridine rings is 1. The van der Waals surface area contributed by atoms with Crippen LogP contribution in [0.4, 0.5) is 0 Å². The van der Waals surface area contributed by atoms with Crippen LogP contribution < -0.4 is 10.3 Å². The molecule has 0 unspecified atom stereocenters. The van der Waals surface area contributed by atoms with Gasteiger partial charge >= 0.3 is 0 Å². The van der Waals surface area contributed by atoms with Gasteiger partial charge in [-0.05, 0) is 30.5 Å². The molecule has 2 heterocycles. The van der Waals surface area contributed by atoms with Crippen LogP contribution in [0.15, 0.2) is 77.6 Å². The Balaban J connectivity index is 1.79. The van der Waals surface area contributed by atoms with E-state index in [1.165, 1.54) is 0 Å². The number of unbranched alkanes of at least 4 members (excludes halogenated alkanes) is 1. The first-order valence-electron chi connectivity index (χ1n) is 10.3. The van der Waals surface area contributed by atoms with Crippen molar-refractivity contribution in [3.8, 4) is 5.75 Å². The second kappa shape index (κ2) is 7.25. The van der Waals surface area contributed by atoms with Crippen LogP contribution in [0.2, 0.25) is 0 Å². The van der Waals surface area contributed by atoms with Gasteiger partial charge in [0.25, 0.3) is 5.56 Å². The van der Waals surface area contributed by atoms with Crippen molar-refractivity contribution >= 4 is 27.2 Å². The Morgan fingerprint density at radius 3 is 2.38 bits per heavy atom. The molecule has 3 nitrogen and oxygen atoms in total. The van der Waals surface area contributed by atoms with Gasteiger partial charge in [-0.1, -0.05) is 74.0 Å². The number of nitrogens with zero attached hydrogens (tertiary/aromatic N) is 1. The summed E-state index contributed by atoms with van der Waals surface area (Å²) in [5.74, 6) is 0.744. The third-order valence-corrected chi connectivity index (χ3v) is 5.68. The highest BCUT2D eigenvalue weighted by Gasteiger charge is 2.21. The first-order chi connectivity index (χ1) is 14.3. The maximum atomic E-state index is 13.6. The van der Waals surface area contributed by atoms with E-state index in [4.69, 9.17) is 4.74 Å². The number of ether oxygens (including phenoxy) is 1. The van der Waals surface area contributed by atoms with Gasteiger partial charge in [0.15, 0.2) is 0 Å². The number of hydrogen-bond acceptors (Lipinski definition) is 2. The molecule has 5 aromatic rings. The van der Waals surface area contributed by atoms with Crippen molar-refractivity contribution in [3.63, 3.8) is 0 Å². The van der Waals surface area contributed by atoms with Crippen LogP contribution in [0.3, 0.4) is 0 Å². The van der Waals surface area contributed by atoms with E-state index < -0.39 is 0 Å². The Bertz CT molecular complexity index is 1350. The molecule has 0 radical (unpaired) electrons. The zero-order valence-electron chi connectivity index (χ0n) is 16.5. The average molecular weight is 381 g/mol. The molecule has 29 heavy (non-hydrogen) atoms. The lowest BCUT2D eigenvalue weighted by atomic mass is 10.0. The van der Waals surface area contributed by atoms with Gasteiger partial charge in [-0.3, -0.25) is 9.20 Å². The highest BCUT2D eigenvalue weighted by Crippen LogP contribution is 2.37. The highest BCUT2D eigenvalue weighted by molar-refractivity contribution is 6.15. The third-order valence-electron chi connectivity index (χ3n) is 5.68. The second-order valence-corrected chi connectivity index (χ2v) is 7.54. The predicted octanol–water partition coefficient (Wildman–Crippen LogP) is 5.97. The summed E-state index contributed by atoms with van der Waals surface area (Å²) in [7, 11) is 0. The van der Waals surface area contributed by atoms with Crippen molar-refractivity contribution in [3.05, 3.63) is 94.3 Å². The lowest BCUT2D eigenvalue weighted by molar-refractivity contribution is 0.306. The van der Waals surface area contributed by atoms with E-state index in [1.54, 1.807) is 0 Å². The molecule has 0 amide bonds. The molecular weight excluding hydrogens is 358 g/mol. The summed E-state index contributed by atoms with van der Waals surface area (Å²) in [6.45, 7) is 2.60. The number of aromatic nitrogens is 1. The average Bonchev–Trinajstić information content (AvgIpc) is 3.11. The number of hydrogen-bond donors (Lipinski definition) is 0. The van der Waals surface area contributed by atoms with Gasteiger partial charge < -0.3 is 4.74 Å². The zero-order chi connectivity index (χ0) is 19.8. The van der Waals surface area contributed by atoms with Crippen LogP contribution in [-0.2, 0) is 13.0 Å². The summed E-state index contributed by atoms with van der Waals surface area (Å²) < 4.78 is 8.23. The first kappa shape index (κ1) is 17.7. The van der Waals surface area contributed by atoms with E-state index in [9.17, 15) is 4.79 Å². The summed E-state index contributed by atoms with van der Waals surface area (Å²) >= 11 is 0. The van der Waals surface area contributed by atoms with E-state index in [0.29, 0.717) is 6.61 Å². The molecule has 3 aromatic carbocycles. The van der Waals surface area contributed by atoms with Crippen molar-refractivity contribution in [1.29, 1.82) is 0 Å². The molecule has 0 fully saturated rings. The lowest BCUT2D eigenvalue weighted by Crippen LogP contribution is -2.19. The van der Waals surface area contributed by atoms with Crippen LogP contribution in [0.1, 0.15) is 30.9 Å². The molecule has 5 rings (SSSR count). The molecule has 0 atom stereocenters. The van der Waals surface area contributed by atoms with E-state index in [2.05, 4.69) is 43.3 Å². The molecule has 3 heteroatoms. The van der Waals surface area contributed by atoms with Gasteiger partial charge in [-0.2, -0.15) is 0 Å². The number of fused-ring (bicyclic) bond motifs is 3. The van der Waals surface area contributed by atoms with Crippen molar-refractivity contribution in [2.24, 2.45) is 0 Å². The van der Waals surface area contributed by atoms with Crippen LogP contribution in [0, 0.1) is 0 Å². The molecule has 0 saturated carbocycles. The topological polar surface area (TPSA) is 30.7 Å². The van der Waals surface area contributed by atoms with Crippen molar-refractivity contribution in [2.75, 3.05) is 0 Å². The van der Waals surface area contributed by atoms with Gasteiger partial charge in [-0.25, -0.2) is 0 Å². The van der Waals surface area contributed by atoms with Crippen LogP contribution >= 0.6 is 0 Å². The number of benzene rings is 3. The van der Waals surface area contributed by atoms with Crippen molar-refractivity contribution < 1.29 is 4.74 Å². The van der Waals surface area contributed by atoms with Gasteiger partial charge in [0, 0.05) is 16.2 Å². The number of para-hydroxylation sites is 2. The second-order valence-electron chi connectivity index (χ2n) is 7.54. The van der Waals surface area contributed by atoms with Gasteiger partial charge in [-0.15, -0.1) is 0 Å². The molecule has 0 N–H and O–H groups in total. The number of rotatable bonds is 6. The summed E-state index contributed by atoms with van der Waals surface area (Å²) in [5.41, 5.74) is 3.86. The normalized spacial score (nSPS) is 11.6. The molecule has 2 aromatic heterocycles. The highest BCUT2D eigenvalue weighted by atomic mass is 16.5. The Morgan fingerprint density at radius 2 is 1.55 bits per heavy atom. The summed E-state index contributed by atoms with van der Waals surface area (Å²) in [5, 5.41) is 3.22. The van der Waals surface area contributed by atoms with E-state index in [1.807, 2.05) is 40.8 Å². The summed E-state index contributed by atoms with van der Waals surface area (Å²) in [4.78, 5) is 13.6. The van der Waals surface area contributed by atoms with Crippen LogP contribution in [0.5, 0.6) is 5.75 Å². The Hall–Kier alpha value is -3.33. The van der Waals surface area contributed by atoms with Gasteiger partial charge in [0.05, 0.1) is 16.6 Å². The minimum absolute atomic E-state index is 0.0476. The lowest BCUT2D eigenvalue weighted by Gasteiger charge is -2.15. The molecular formula is C26H23NO2. The van der Waals surface area contributed by atoms with E-state index in [0.717, 1.165) is 63.3 Å². The fourth-order valence-corrected chi connectivity index (χ4v) is 4.28. The van der Waals surface area contributed by atoms with Gasteiger partial charge in [0.1, 0.15) is 12.4 Å². The zero-order valence-corrected chi connectivity index (χ0v) is 16.5. The molecule has 0 aliphatic carbocycles. The molecule has 0 aliphatic heterocycles. The van der Waals surface area contributed by atoms with Crippen molar-refractivity contribution in [2.45, 2.75) is 32.8 Å². The standard InChI is InChI=1S/C26H23NO2/c1-2-3-12-22-25(29-17-18-10-5-4-6-11-18)21-15-9-14-20-19-13-7-8-16-23(19)27(24(20)21)26(22)28/h4-11,13-16H,2-3,12,17H2,1H3. The van der Waals surface area contributed by atoms with Crippen LogP contribution in [0.25, 0.3) is 27.2 Å². The molecule has 144 valence electrons. The molecule has 0 spiro atoms. The fraction of sp³-hybridized carbons (Fsp3) is 0.192. The summed E-state index contributed by atoms with van der Waals surface area (Å²) in [6.07, 6.45) is 2.72. The largest absolute Gasteiger partial charge is 0.488 e. The maximum absolute atomic E-state index is 13.6.